The number of carbonyl (C=O) groups excluding carboxylic acids is 1. The molecule has 1 atom stereocenters. The SMILES string of the molecule is CC(C)(C)OC[C@H]1COC/C=C\CN1C(=O)OCc1ccccc1. The normalized spacial score (nSPS) is 20.1. The van der Waals surface area contributed by atoms with Gasteiger partial charge in [-0.05, 0) is 26.3 Å². The minimum absolute atomic E-state index is 0.169. The molecule has 1 aliphatic rings. The maximum atomic E-state index is 12.5. The van der Waals surface area contributed by atoms with Gasteiger partial charge in [0.2, 0.25) is 0 Å². The van der Waals surface area contributed by atoms with Gasteiger partial charge >= 0.3 is 6.09 Å². The molecular formula is C19H27NO4. The van der Waals surface area contributed by atoms with E-state index in [1.807, 2.05) is 63.3 Å². The Labute approximate surface area is 144 Å². The van der Waals surface area contributed by atoms with E-state index in [0.717, 1.165) is 5.56 Å². The summed E-state index contributed by atoms with van der Waals surface area (Å²) >= 11 is 0. The Morgan fingerprint density at radius 1 is 1.25 bits per heavy atom. The van der Waals surface area contributed by atoms with Gasteiger partial charge in [0.15, 0.2) is 0 Å². The molecule has 5 heteroatoms. The van der Waals surface area contributed by atoms with Crippen LogP contribution < -0.4 is 0 Å². The predicted molar refractivity (Wildman–Crippen MR) is 92.8 cm³/mol. The number of benzene rings is 1. The lowest BCUT2D eigenvalue weighted by Crippen LogP contribution is -2.47. The summed E-state index contributed by atoms with van der Waals surface area (Å²) in [4.78, 5) is 14.2. The van der Waals surface area contributed by atoms with E-state index in [4.69, 9.17) is 14.2 Å². The second-order valence-corrected chi connectivity index (χ2v) is 6.78. The van der Waals surface area contributed by atoms with Crippen LogP contribution in [0.2, 0.25) is 0 Å². The summed E-state index contributed by atoms with van der Waals surface area (Å²) in [5, 5.41) is 0. The number of carbonyl (C=O) groups is 1. The molecule has 1 aliphatic heterocycles. The summed E-state index contributed by atoms with van der Waals surface area (Å²) in [6.07, 6.45) is 3.49. The smallest absolute Gasteiger partial charge is 0.410 e. The third-order valence-electron chi connectivity index (χ3n) is 3.58. The summed E-state index contributed by atoms with van der Waals surface area (Å²) in [5.74, 6) is 0. The van der Waals surface area contributed by atoms with Gasteiger partial charge in [-0.1, -0.05) is 42.5 Å². The van der Waals surface area contributed by atoms with Crippen LogP contribution in [0.1, 0.15) is 26.3 Å². The fraction of sp³-hybridized carbons (Fsp3) is 0.526. The Balaban J connectivity index is 1.98. The van der Waals surface area contributed by atoms with Crippen LogP contribution in [0, 0.1) is 0 Å². The minimum Gasteiger partial charge on any atom is -0.445 e. The summed E-state index contributed by atoms with van der Waals surface area (Å²) < 4.78 is 16.9. The average molecular weight is 333 g/mol. The molecule has 1 amide bonds. The number of ether oxygens (including phenoxy) is 3. The van der Waals surface area contributed by atoms with E-state index < -0.39 is 0 Å². The molecule has 132 valence electrons. The zero-order valence-electron chi connectivity index (χ0n) is 14.7. The topological polar surface area (TPSA) is 48.0 Å². The second kappa shape index (κ2) is 8.85. The molecule has 0 spiro atoms. The fourth-order valence-corrected chi connectivity index (χ4v) is 2.28. The first-order valence-corrected chi connectivity index (χ1v) is 8.30. The van der Waals surface area contributed by atoms with Crippen molar-refractivity contribution < 1.29 is 19.0 Å². The van der Waals surface area contributed by atoms with Crippen LogP contribution in [-0.2, 0) is 20.8 Å². The lowest BCUT2D eigenvalue weighted by molar-refractivity contribution is -0.0508. The Morgan fingerprint density at radius 2 is 2.00 bits per heavy atom. The first kappa shape index (κ1) is 18.5. The molecule has 0 saturated carbocycles. The highest BCUT2D eigenvalue weighted by molar-refractivity contribution is 5.68. The first-order chi connectivity index (χ1) is 11.5. The molecule has 0 aromatic heterocycles. The van der Waals surface area contributed by atoms with Crippen molar-refractivity contribution in [2.75, 3.05) is 26.4 Å². The Hall–Kier alpha value is -1.85. The standard InChI is InChI=1S/C19H27NO4/c1-19(2,3)24-15-17-14-22-12-8-7-11-20(17)18(21)23-13-16-9-5-4-6-10-16/h4-10,17H,11-15H2,1-3H3/b8-7-/t17-/m1/s1. The van der Waals surface area contributed by atoms with Crippen molar-refractivity contribution in [1.29, 1.82) is 0 Å². The van der Waals surface area contributed by atoms with Crippen molar-refractivity contribution >= 4 is 6.09 Å². The summed E-state index contributed by atoms with van der Waals surface area (Å²) in [5.41, 5.74) is 0.699. The number of hydrogen-bond acceptors (Lipinski definition) is 4. The van der Waals surface area contributed by atoms with E-state index >= 15 is 0 Å². The molecule has 0 radical (unpaired) electrons. The number of amides is 1. The van der Waals surface area contributed by atoms with Crippen LogP contribution in [0.3, 0.4) is 0 Å². The van der Waals surface area contributed by atoms with Crippen LogP contribution in [0.4, 0.5) is 4.79 Å². The summed E-state index contributed by atoms with van der Waals surface area (Å²) in [7, 11) is 0. The Morgan fingerprint density at radius 3 is 2.71 bits per heavy atom. The molecular weight excluding hydrogens is 306 g/mol. The number of hydrogen-bond donors (Lipinski definition) is 0. The summed E-state index contributed by atoms with van der Waals surface area (Å²) in [6, 6.07) is 9.49. The van der Waals surface area contributed by atoms with E-state index in [9.17, 15) is 4.79 Å². The van der Waals surface area contributed by atoms with Crippen molar-refractivity contribution in [3.05, 3.63) is 48.0 Å². The van der Waals surface area contributed by atoms with Crippen LogP contribution in [0.15, 0.2) is 42.5 Å². The molecule has 0 saturated heterocycles. The van der Waals surface area contributed by atoms with Crippen LogP contribution in [0.5, 0.6) is 0 Å². The van der Waals surface area contributed by atoms with E-state index in [1.165, 1.54) is 0 Å². The van der Waals surface area contributed by atoms with Crippen molar-refractivity contribution in [3.63, 3.8) is 0 Å². The zero-order chi connectivity index (χ0) is 17.4. The maximum Gasteiger partial charge on any atom is 0.410 e. The average Bonchev–Trinajstić information content (AvgIpc) is 2.52. The van der Waals surface area contributed by atoms with Gasteiger partial charge in [-0.3, -0.25) is 4.90 Å². The van der Waals surface area contributed by atoms with Gasteiger partial charge in [0, 0.05) is 6.54 Å². The highest BCUT2D eigenvalue weighted by Gasteiger charge is 2.27. The fourth-order valence-electron chi connectivity index (χ4n) is 2.28. The van der Waals surface area contributed by atoms with Crippen LogP contribution >= 0.6 is 0 Å². The van der Waals surface area contributed by atoms with Gasteiger partial charge in [0.05, 0.1) is 31.5 Å². The zero-order valence-corrected chi connectivity index (χ0v) is 14.7. The molecule has 1 aromatic carbocycles. The molecule has 0 N–H and O–H groups in total. The maximum absolute atomic E-state index is 12.5. The predicted octanol–water partition coefficient (Wildman–Crippen LogP) is 3.40. The van der Waals surface area contributed by atoms with Gasteiger partial charge in [0.25, 0.3) is 0 Å². The lowest BCUT2D eigenvalue weighted by Gasteiger charge is -2.33. The first-order valence-electron chi connectivity index (χ1n) is 8.30. The molecule has 0 unspecified atom stereocenters. The third-order valence-corrected chi connectivity index (χ3v) is 3.58. The van der Waals surface area contributed by atoms with E-state index in [0.29, 0.717) is 26.4 Å². The van der Waals surface area contributed by atoms with E-state index in [2.05, 4.69) is 0 Å². The van der Waals surface area contributed by atoms with E-state index in [1.54, 1.807) is 4.90 Å². The van der Waals surface area contributed by atoms with Gasteiger partial charge in [-0.25, -0.2) is 4.79 Å². The van der Waals surface area contributed by atoms with Gasteiger partial charge < -0.3 is 14.2 Å². The van der Waals surface area contributed by atoms with Gasteiger partial charge in [-0.2, -0.15) is 0 Å². The van der Waals surface area contributed by atoms with Gasteiger partial charge in [-0.15, -0.1) is 0 Å². The summed E-state index contributed by atoms with van der Waals surface area (Å²) in [6.45, 7) is 8.14. The number of nitrogens with zero attached hydrogens (tertiary/aromatic N) is 1. The highest BCUT2D eigenvalue weighted by Crippen LogP contribution is 2.13. The molecule has 2 rings (SSSR count). The Kier molecular flexibility index (Phi) is 6.82. The highest BCUT2D eigenvalue weighted by atomic mass is 16.6. The molecule has 1 aromatic rings. The van der Waals surface area contributed by atoms with Crippen molar-refractivity contribution in [2.24, 2.45) is 0 Å². The molecule has 0 fully saturated rings. The molecule has 0 aliphatic carbocycles. The third kappa shape index (κ3) is 6.34. The second-order valence-electron chi connectivity index (χ2n) is 6.78. The van der Waals surface area contributed by atoms with E-state index in [-0.39, 0.29) is 24.3 Å². The van der Waals surface area contributed by atoms with Crippen LogP contribution in [-0.4, -0.2) is 49.0 Å². The van der Waals surface area contributed by atoms with Crippen LogP contribution in [0.25, 0.3) is 0 Å². The van der Waals surface area contributed by atoms with Crippen molar-refractivity contribution in [3.8, 4) is 0 Å². The van der Waals surface area contributed by atoms with Crippen molar-refractivity contribution in [1.82, 2.24) is 4.90 Å². The van der Waals surface area contributed by atoms with Crippen molar-refractivity contribution in [2.45, 2.75) is 39.0 Å². The largest absolute Gasteiger partial charge is 0.445 e. The molecule has 0 bridgehead atoms. The number of rotatable bonds is 4. The molecule has 1 heterocycles. The molecule has 5 nitrogen and oxygen atoms in total. The Bertz CT molecular complexity index is 536. The lowest BCUT2D eigenvalue weighted by atomic mass is 10.2. The molecule has 24 heavy (non-hydrogen) atoms. The monoisotopic (exact) mass is 333 g/mol. The quantitative estimate of drug-likeness (QED) is 0.793. The van der Waals surface area contributed by atoms with Gasteiger partial charge in [0.1, 0.15) is 6.61 Å². The minimum atomic E-state index is -0.350.